The molecular weight excluding hydrogens is 496 g/mol. The van der Waals surface area contributed by atoms with E-state index >= 15 is 0 Å². The number of esters is 1. The number of benzene rings is 3. The quantitative estimate of drug-likeness (QED) is 0.345. The smallest absolute Gasteiger partial charge is 0.329 e. The van der Waals surface area contributed by atoms with Gasteiger partial charge in [0.15, 0.2) is 11.5 Å². The number of aromatic nitrogens is 1. The average molecular weight is 527 g/mol. The number of carbonyl (C=O) groups excluding carboxylic acids is 2. The molecule has 39 heavy (non-hydrogen) atoms. The molecule has 1 aliphatic rings. The van der Waals surface area contributed by atoms with E-state index in [9.17, 15) is 14.4 Å². The molecule has 0 unspecified atom stereocenters. The lowest BCUT2D eigenvalue weighted by atomic mass is 10.0. The van der Waals surface area contributed by atoms with Crippen LogP contribution in [0.1, 0.15) is 34.3 Å². The van der Waals surface area contributed by atoms with Gasteiger partial charge in [-0.2, -0.15) is 0 Å². The molecule has 3 aromatic carbocycles. The molecule has 8 nitrogen and oxygen atoms in total. The summed E-state index contributed by atoms with van der Waals surface area (Å²) in [5.41, 5.74) is 1.79. The predicted octanol–water partition coefficient (Wildman–Crippen LogP) is 4.27. The van der Waals surface area contributed by atoms with Gasteiger partial charge in [-0.3, -0.25) is 9.59 Å². The molecule has 4 aromatic rings. The fourth-order valence-electron chi connectivity index (χ4n) is 4.76. The molecule has 2 heterocycles. The summed E-state index contributed by atoms with van der Waals surface area (Å²) in [5, 5.41) is 3.45. The van der Waals surface area contributed by atoms with Crippen LogP contribution in [0.2, 0.25) is 0 Å². The van der Waals surface area contributed by atoms with Crippen LogP contribution in [0.15, 0.2) is 83.7 Å². The average Bonchev–Trinajstić information content (AvgIpc) is 2.95. The maximum absolute atomic E-state index is 13.6. The van der Waals surface area contributed by atoms with Crippen LogP contribution in [0.4, 0.5) is 0 Å². The van der Waals surface area contributed by atoms with Gasteiger partial charge in [0, 0.05) is 18.4 Å². The number of carbonyl (C=O) groups is 2. The number of hydrogen-bond donors (Lipinski definition) is 1. The third-order valence-electron chi connectivity index (χ3n) is 6.76. The zero-order valence-electron chi connectivity index (χ0n) is 21.7. The van der Waals surface area contributed by atoms with Crippen LogP contribution in [0.25, 0.3) is 10.9 Å². The third kappa shape index (κ3) is 5.80. The van der Waals surface area contributed by atoms with Crippen LogP contribution in [0.3, 0.4) is 0 Å². The molecule has 8 heteroatoms. The number of nitrogens with one attached hydrogen (secondary N) is 1. The first-order valence-electron chi connectivity index (χ1n) is 13.0. The zero-order valence-corrected chi connectivity index (χ0v) is 21.7. The van der Waals surface area contributed by atoms with E-state index in [4.69, 9.17) is 14.2 Å². The fraction of sp³-hybridized carbons (Fsp3) is 0.258. The monoisotopic (exact) mass is 526 g/mol. The zero-order chi connectivity index (χ0) is 27.2. The summed E-state index contributed by atoms with van der Waals surface area (Å²) in [7, 11) is 1.55. The molecule has 5 rings (SSSR count). The number of rotatable bonds is 8. The normalized spacial score (nSPS) is 13.5. The van der Waals surface area contributed by atoms with Crippen LogP contribution >= 0.6 is 0 Å². The first kappa shape index (κ1) is 26.0. The second-order valence-electron chi connectivity index (χ2n) is 9.41. The summed E-state index contributed by atoms with van der Waals surface area (Å²) < 4.78 is 18.6. The van der Waals surface area contributed by atoms with E-state index in [0.29, 0.717) is 35.6 Å². The van der Waals surface area contributed by atoms with Gasteiger partial charge in [0.05, 0.1) is 19.2 Å². The summed E-state index contributed by atoms with van der Waals surface area (Å²) in [6.45, 7) is 1.03. The Morgan fingerprint density at radius 3 is 2.41 bits per heavy atom. The number of hydrogen-bond acceptors (Lipinski definition) is 6. The number of amides is 1. The van der Waals surface area contributed by atoms with E-state index in [1.165, 1.54) is 0 Å². The highest BCUT2D eigenvalue weighted by Gasteiger charge is 2.27. The van der Waals surface area contributed by atoms with Crippen molar-refractivity contribution >= 4 is 22.8 Å². The Bertz CT molecular complexity index is 1530. The maximum Gasteiger partial charge on any atom is 0.329 e. The van der Waals surface area contributed by atoms with Crippen molar-refractivity contribution < 1.29 is 23.8 Å². The number of nitrogens with zero attached hydrogens (tertiary/aromatic N) is 1. The summed E-state index contributed by atoms with van der Waals surface area (Å²) in [5.74, 6) is -0.195. The highest BCUT2D eigenvalue weighted by atomic mass is 16.5. The maximum atomic E-state index is 13.6. The molecule has 0 spiro atoms. The van der Waals surface area contributed by atoms with Crippen molar-refractivity contribution in [1.29, 1.82) is 0 Å². The Kier molecular flexibility index (Phi) is 7.91. The van der Waals surface area contributed by atoms with E-state index in [1.54, 1.807) is 29.9 Å². The first-order valence-corrected chi connectivity index (χ1v) is 13.0. The van der Waals surface area contributed by atoms with Gasteiger partial charge in [0.2, 0.25) is 0 Å². The van der Waals surface area contributed by atoms with Gasteiger partial charge < -0.3 is 24.1 Å². The topological polar surface area (TPSA) is 95.9 Å². The van der Waals surface area contributed by atoms with Crippen LogP contribution in [-0.4, -0.2) is 36.2 Å². The van der Waals surface area contributed by atoms with Crippen LogP contribution in [0, 0.1) is 0 Å². The van der Waals surface area contributed by atoms with Crippen molar-refractivity contribution in [2.45, 2.75) is 38.5 Å². The van der Waals surface area contributed by atoms with Crippen LogP contribution in [-0.2, 0) is 29.1 Å². The molecule has 1 aliphatic heterocycles. The van der Waals surface area contributed by atoms with Crippen molar-refractivity contribution in [3.05, 3.63) is 106 Å². The molecule has 200 valence electrons. The Labute approximate surface area is 226 Å². The Morgan fingerprint density at radius 2 is 1.69 bits per heavy atom. The molecule has 0 radical (unpaired) electrons. The van der Waals surface area contributed by atoms with Gasteiger partial charge in [0.25, 0.3) is 11.5 Å². The Balaban J connectivity index is 1.46. The van der Waals surface area contributed by atoms with Crippen LogP contribution in [0.5, 0.6) is 11.5 Å². The van der Waals surface area contributed by atoms with E-state index in [-0.39, 0.29) is 18.6 Å². The number of aryl methyl sites for hydroxylation is 1. The molecule has 1 atom stereocenters. The highest BCUT2D eigenvalue weighted by molar-refractivity contribution is 6.00. The van der Waals surface area contributed by atoms with E-state index in [0.717, 1.165) is 24.0 Å². The summed E-state index contributed by atoms with van der Waals surface area (Å²) in [4.78, 5) is 40.3. The fourth-order valence-corrected chi connectivity index (χ4v) is 4.76. The molecular formula is C31H30N2O6. The van der Waals surface area contributed by atoms with Gasteiger partial charge in [-0.15, -0.1) is 0 Å². The molecule has 0 aliphatic carbocycles. The lowest BCUT2D eigenvalue weighted by molar-refractivity contribution is -0.147. The van der Waals surface area contributed by atoms with Crippen molar-refractivity contribution in [3.63, 3.8) is 0 Å². The van der Waals surface area contributed by atoms with Crippen molar-refractivity contribution in [2.24, 2.45) is 0 Å². The minimum absolute atomic E-state index is 0.0480. The van der Waals surface area contributed by atoms with Crippen LogP contribution < -0.4 is 20.3 Å². The van der Waals surface area contributed by atoms with Crippen molar-refractivity contribution in [3.8, 4) is 11.5 Å². The van der Waals surface area contributed by atoms with Gasteiger partial charge in [-0.05, 0) is 42.2 Å². The summed E-state index contributed by atoms with van der Waals surface area (Å²) in [6, 6.07) is 22.8. The van der Waals surface area contributed by atoms with E-state index < -0.39 is 23.5 Å². The molecule has 0 bridgehead atoms. The van der Waals surface area contributed by atoms with Gasteiger partial charge in [-0.25, -0.2) is 4.79 Å². The first-order chi connectivity index (χ1) is 19.0. The molecule has 1 aromatic heterocycles. The number of pyridine rings is 1. The Morgan fingerprint density at radius 1 is 0.974 bits per heavy atom. The predicted molar refractivity (Wildman–Crippen MR) is 147 cm³/mol. The van der Waals surface area contributed by atoms with Gasteiger partial charge in [0.1, 0.15) is 18.2 Å². The van der Waals surface area contributed by atoms with E-state index in [1.807, 2.05) is 60.7 Å². The largest absolute Gasteiger partial charge is 0.493 e. The van der Waals surface area contributed by atoms with Crippen molar-refractivity contribution in [1.82, 2.24) is 9.88 Å². The second kappa shape index (κ2) is 11.9. The third-order valence-corrected chi connectivity index (χ3v) is 6.76. The lowest BCUT2D eigenvalue weighted by Crippen LogP contribution is -2.45. The molecule has 1 amide bonds. The molecule has 0 fully saturated rings. The number of ether oxygens (including phenoxy) is 3. The standard InChI is InChI=1S/C31H30N2O6/c1-37-26-15-14-23-19-24(30(35)33-16-8-9-17-38-28(26)27(23)33)29(34)32-25(18-21-10-4-2-5-11-21)31(36)39-20-22-12-6-3-7-13-22/h2-7,10-15,19,25H,8-9,16-18,20H2,1H3,(H,32,34)/t25-/m0/s1. The van der Waals surface area contributed by atoms with Crippen molar-refractivity contribution in [2.75, 3.05) is 13.7 Å². The minimum atomic E-state index is -0.985. The summed E-state index contributed by atoms with van der Waals surface area (Å²) in [6.07, 6.45) is 1.70. The SMILES string of the molecule is COc1ccc2cc(C(=O)N[C@@H](Cc3ccccc3)C(=O)OCc3ccccc3)c(=O)n3c2c1OCCCC3. The lowest BCUT2D eigenvalue weighted by Gasteiger charge is -2.22. The second-order valence-corrected chi connectivity index (χ2v) is 9.41. The van der Waals surface area contributed by atoms with E-state index in [2.05, 4.69) is 5.32 Å². The van der Waals surface area contributed by atoms with Gasteiger partial charge >= 0.3 is 5.97 Å². The summed E-state index contributed by atoms with van der Waals surface area (Å²) >= 11 is 0. The number of methoxy groups -OCH3 is 1. The highest BCUT2D eigenvalue weighted by Crippen LogP contribution is 2.36. The molecule has 0 saturated carbocycles. The molecule has 1 N–H and O–H groups in total. The van der Waals surface area contributed by atoms with Gasteiger partial charge in [-0.1, -0.05) is 60.7 Å². The Hall–Kier alpha value is -4.59. The minimum Gasteiger partial charge on any atom is -0.493 e. The molecule has 0 saturated heterocycles.